The van der Waals surface area contributed by atoms with Crippen LogP contribution in [0.4, 0.5) is 0 Å². The number of nitrogens with zero attached hydrogens (tertiary/aromatic N) is 4. The molecule has 6 nitrogen and oxygen atoms in total. The SMILES string of the molecule is CCNC(C)c1nnnn1C(C)COC. The van der Waals surface area contributed by atoms with E-state index >= 15 is 0 Å². The van der Waals surface area contributed by atoms with Gasteiger partial charge in [-0.3, -0.25) is 0 Å². The molecule has 0 aliphatic carbocycles. The minimum atomic E-state index is 0.154. The summed E-state index contributed by atoms with van der Waals surface area (Å²) < 4.78 is 6.89. The summed E-state index contributed by atoms with van der Waals surface area (Å²) in [4.78, 5) is 0. The van der Waals surface area contributed by atoms with Crippen molar-refractivity contribution >= 4 is 0 Å². The highest BCUT2D eigenvalue weighted by Crippen LogP contribution is 2.12. The molecule has 86 valence electrons. The summed E-state index contributed by atoms with van der Waals surface area (Å²) in [6.07, 6.45) is 0. The van der Waals surface area contributed by atoms with E-state index in [0.29, 0.717) is 6.61 Å². The van der Waals surface area contributed by atoms with Crippen LogP contribution in [0.15, 0.2) is 0 Å². The molecule has 1 heterocycles. The monoisotopic (exact) mass is 213 g/mol. The van der Waals surface area contributed by atoms with Crippen LogP contribution >= 0.6 is 0 Å². The van der Waals surface area contributed by atoms with Crippen LogP contribution in [0.1, 0.15) is 38.7 Å². The minimum absolute atomic E-state index is 0.154. The highest BCUT2D eigenvalue weighted by molar-refractivity contribution is 4.91. The van der Waals surface area contributed by atoms with Crippen LogP contribution in [0.3, 0.4) is 0 Å². The molecule has 6 heteroatoms. The standard InChI is InChI=1S/C9H19N5O/c1-5-10-8(3)9-11-12-13-14(9)7(2)6-15-4/h7-8,10H,5-6H2,1-4H3. The van der Waals surface area contributed by atoms with E-state index in [1.807, 2.05) is 13.8 Å². The van der Waals surface area contributed by atoms with Gasteiger partial charge in [-0.2, -0.15) is 0 Å². The number of ether oxygens (including phenoxy) is 1. The lowest BCUT2D eigenvalue weighted by Crippen LogP contribution is -2.24. The molecule has 2 unspecified atom stereocenters. The smallest absolute Gasteiger partial charge is 0.168 e. The highest BCUT2D eigenvalue weighted by Gasteiger charge is 2.17. The van der Waals surface area contributed by atoms with E-state index in [1.54, 1.807) is 11.8 Å². The topological polar surface area (TPSA) is 64.9 Å². The van der Waals surface area contributed by atoms with Crippen LogP contribution in [0, 0.1) is 0 Å². The van der Waals surface area contributed by atoms with Gasteiger partial charge in [0.25, 0.3) is 0 Å². The molecule has 0 bridgehead atoms. The first-order valence-corrected chi connectivity index (χ1v) is 5.20. The van der Waals surface area contributed by atoms with Crippen molar-refractivity contribution < 1.29 is 4.74 Å². The van der Waals surface area contributed by atoms with Crippen molar-refractivity contribution in [3.8, 4) is 0 Å². The molecule has 1 aromatic heterocycles. The quantitative estimate of drug-likeness (QED) is 0.747. The van der Waals surface area contributed by atoms with Crippen molar-refractivity contribution in [2.24, 2.45) is 0 Å². The average Bonchev–Trinajstić information content (AvgIpc) is 2.66. The van der Waals surface area contributed by atoms with Crippen LogP contribution in [0.2, 0.25) is 0 Å². The summed E-state index contributed by atoms with van der Waals surface area (Å²) in [6, 6.07) is 0.311. The third kappa shape index (κ3) is 2.97. The molecule has 1 rings (SSSR count). The van der Waals surface area contributed by atoms with Gasteiger partial charge in [0, 0.05) is 7.11 Å². The van der Waals surface area contributed by atoms with Gasteiger partial charge in [0.15, 0.2) is 5.82 Å². The molecule has 0 saturated heterocycles. The number of rotatable bonds is 6. The van der Waals surface area contributed by atoms with Gasteiger partial charge >= 0.3 is 0 Å². The molecule has 2 atom stereocenters. The Hall–Kier alpha value is -1.01. The molecule has 0 radical (unpaired) electrons. The Bertz CT molecular complexity index is 261. The van der Waals surface area contributed by atoms with Crippen LogP contribution in [0.5, 0.6) is 0 Å². The van der Waals surface area contributed by atoms with E-state index in [0.717, 1.165) is 12.4 Å². The third-order valence-corrected chi connectivity index (χ3v) is 2.24. The number of hydrogen-bond donors (Lipinski definition) is 1. The molecule has 15 heavy (non-hydrogen) atoms. The first kappa shape index (κ1) is 12.1. The van der Waals surface area contributed by atoms with Gasteiger partial charge in [0.1, 0.15) is 0 Å². The number of nitrogens with one attached hydrogen (secondary N) is 1. The maximum Gasteiger partial charge on any atom is 0.168 e. The molecule has 1 aromatic rings. The normalized spacial score (nSPS) is 15.2. The summed E-state index contributed by atoms with van der Waals surface area (Å²) in [5.41, 5.74) is 0. The Kier molecular flexibility index (Phi) is 4.64. The zero-order valence-electron chi connectivity index (χ0n) is 9.77. The summed E-state index contributed by atoms with van der Waals surface area (Å²) in [7, 11) is 1.67. The van der Waals surface area contributed by atoms with Crippen LogP contribution in [-0.2, 0) is 4.74 Å². The number of methoxy groups -OCH3 is 1. The Morgan fingerprint density at radius 3 is 2.80 bits per heavy atom. The number of hydrogen-bond acceptors (Lipinski definition) is 5. The first-order valence-electron chi connectivity index (χ1n) is 5.20. The summed E-state index contributed by atoms with van der Waals surface area (Å²) in [5.74, 6) is 0.849. The Morgan fingerprint density at radius 2 is 2.20 bits per heavy atom. The van der Waals surface area contributed by atoms with E-state index in [-0.39, 0.29) is 12.1 Å². The molecule has 0 aliphatic rings. The van der Waals surface area contributed by atoms with Gasteiger partial charge in [0.05, 0.1) is 18.7 Å². The minimum Gasteiger partial charge on any atom is -0.382 e. The first-order chi connectivity index (χ1) is 7.20. The van der Waals surface area contributed by atoms with Crippen molar-refractivity contribution in [1.82, 2.24) is 25.5 Å². The second-order valence-electron chi connectivity index (χ2n) is 3.57. The molecule has 0 amide bonds. The van der Waals surface area contributed by atoms with E-state index in [2.05, 4.69) is 27.8 Å². The summed E-state index contributed by atoms with van der Waals surface area (Å²) in [5, 5.41) is 15.0. The molecule has 0 spiro atoms. The van der Waals surface area contributed by atoms with E-state index < -0.39 is 0 Å². The van der Waals surface area contributed by atoms with E-state index in [9.17, 15) is 0 Å². The van der Waals surface area contributed by atoms with Gasteiger partial charge in [-0.05, 0) is 30.8 Å². The zero-order chi connectivity index (χ0) is 11.3. The van der Waals surface area contributed by atoms with Gasteiger partial charge in [-0.1, -0.05) is 6.92 Å². The van der Waals surface area contributed by atoms with E-state index in [4.69, 9.17) is 4.74 Å². The Labute approximate surface area is 90.0 Å². The maximum atomic E-state index is 5.09. The van der Waals surface area contributed by atoms with Crippen molar-refractivity contribution in [3.05, 3.63) is 5.82 Å². The average molecular weight is 213 g/mol. The number of tetrazole rings is 1. The lowest BCUT2D eigenvalue weighted by Gasteiger charge is -2.16. The number of aromatic nitrogens is 4. The van der Waals surface area contributed by atoms with Gasteiger partial charge in [-0.25, -0.2) is 4.68 Å². The molecule has 0 aromatic carbocycles. The largest absolute Gasteiger partial charge is 0.382 e. The lowest BCUT2D eigenvalue weighted by molar-refractivity contribution is 0.153. The fraction of sp³-hybridized carbons (Fsp3) is 0.889. The maximum absolute atomic E-state index is 5.09. The predicted molar refractivity (Wildman–Crippen MR) is 56.5 cm³/mol. The fourth-order valence-electron chi connectivity index (χ4n) is 1.51. The zero-order valence-corrected chi connectivity index (χ0v) is 9.77. The fourth-order valence-corrected chi connectivity index (χ4v) is 1.51. The van der Waals surface area contributed by atoms with Gasteiger partial charge in [-0.15, -0.1) is 5.10 Å². The molecule has 0 aliphatic heterocycles. The van der Waals surface area contributed by atoms with Crippen molar-refractivity contribution in [1.29, 1.82) is 0 Å². The Balaban J connectivity index is 2.76. The highest BCUT2D eigenvalue weighted by atomic mass is 16.5. The molecular weight excluding hydrogens is 194 g/mol. The third-order valence-electron chi connectivity index (χ3n) is 2.24. The predicted octanol–water partition coefficient (Wildman–Crippen LogP) is 0.551. The van der Waals surface area contributed by atoms with Crippen molar-refractivity contribution in [2.75, 3.05) is 20.3 Å². The molecule has 1 N–H and O–H groups in total. The molecule has 0 saturated carbocycles. The van der Waals surface area contributed by atoms with Crippen LogP contribution in [0.25, 0.3) is 0 Å². The summed E-state index contributed by atoms with van der Waals surface area (Å²) in [6.45, 7) is 7.64. The molecule has 0 fully saturated rings. The lowest BCUT2D eigenvalue weighted by atomic mass is 10.3. The van der Waals surface area contributed by atoms with Gasteiger partial charge < -0.3 is 10.1 Å². The summed E-state index contributed by atoms with van der Waals surface area (Å²) >= 11 is 0. The second-order valence-corrected chi connectivity index (χ2v) is 3.57. The van der Waals surface area contributed by atoms with Crippen LogP contribution < -0.4 is 5.32 Å². The van der Waals surface area contributed by atoms with E-state index in [1.165, 1.54) is 0 Å². The molecular formula is C9H19N5O. The van der Waals surface area contributed by atoms with Crippen LogP contribution in [-0.4, -0.2) is 40.5 Å². The Morgan fingerprint density at radius 1 is 1.47 bits per heavy atom. The van der Waals surface area contributed by atoms with Crippen molar-refractivity contribution in [2.45, 2.75) is 32.9 Å². The van der Waals surface area contributed by atoms with Gasteiger partial charge in [0.2, 0.25) is 0 Å². The second kappa shape index (κ2) is 5.77. The van der Waals surface area contributed by atoms with Crippen molar-refractivity contribution in [3.63, 3.8) is 0 Å².